The van der Waals surface area contributed by atoms with Crippen LogP contribution in [0.1, 0.15) is 22.3 Å². The normalized spacial score (nSPS) is 18.1. The maximum Gasteiger partial charge on any atom is 0.258 e. The van der Waals surface area contributed by atoms with Crippen molar-refractivity contribution in [3.63, 3.8) is 0 Å². The molecular weight excluding hydrogens is 394 g/mol. The summed E-state index contributed by atoms with van der Waals surface area (Å²) in [5.74, 6) is -1.32. The molecule has 2 atom stereocenters. The summed E-state index contributed by atoms with van der Waals surface area (Å²) in [4.78, 5) is 28.4. The molecule has 1 saturated carbocycles. The lowest BCUT2D eigenvalue weighted by Gasteiger charge is -2.11. The first-order chi connectivity index (χ1) is 12.9. The molecule has 0 bridgehead atoms. The number of amides is 2. The molecule has 27 heavy (non-hydrogen) atoms. The monoisotopic (exact) mass is 410 g/mol. The van der Waals surface area contributed by atoms with Crippen LogP contribution in [0, 0.1) is 5.92 Å². The molecule has 1 aliphatic carbocycles. The summed E-state index contributed by atoms with van der Waals surface area (Å²) in [5, 5.41) is 8.65. The third-order valence-electron chi connectivity index (χ3n) is 4.03. The molecule has 6 nitrogen and oxygen atoms in total. The third kappa shape index (κ3) is 4.74. The zero-order chi connectivity index (χ0) is 19.6. The summed E-state index contributed by atoms with van der Waals surface area (Å²) in [6.45, 7) is 0.565. The second-order valence-electron chi connectivity index (χ2n) is 6.20. The van der Waals surface area contributed by atoms with Crippen molar-refractivity contribution in [3.8, 4) is 0 Å². The first-order valence-corrected chi connectivity index (χ1v) is 8.99. The van der Waals surface area contributed by atoms with E-state index in [1.165, 1.54) is 12.3 Å². The smallest absolute Gasteiger partial charge is 0.258 e. The van der Waals surface area contributed by atoms with Crippen LogP contribution in [0.2, 0.25) is 10.0 Å². The number of nitrogens with one attached hydrogen (secondary N) is 3. The number of benzene rings is 1. The molecule has 1 aromatic heterocycles. The lowest BCUT2D eigenvalue weighted by molar-refractivity contribution is -0.117. The number of rotatable bonds is 6. The van der Waals surface area contributed by atoms with E-state index in [9.17, 15) is 14.0 Å². The molecule has 1 aliphatic rings. The van der Waals surface area contributed by atoms with Gasteiger partial charge in [0, 0.05) is 24.5 Å². The van der Waals surface area contributed by atoms with Gasteiger partial charge < -0.3 is 16.0 Å². The predicted molar refractivity (Wildman–Crippen MR) is 103 cm³/mol. The number of pyridine rings is 1. The molecule has 0 unspecified atom stereocenters. The van der Waals surface area contributed by atoms with Gasteiger partial charge in [0.15, 0.2) is 0 Å². The Balaban J connectivity index is 1.72. The van der Waals surface area contributed by atoms with Crippen LogP contribution in [0.15, 0.2) is 30.5 Å². The van der Waals surface area contributed by atoms with Gasteiger partial charge in [0.25, 0.3) is 5.91 Å². The van der Waals surface area contributed by atoms with E-state index in [4.69, 9.17) is 23.2 Å². The van der Waals surface area contributed by atoms with Gasteiger partial charge in [0.1, 0.15) is 12.0 Å². The lowest BCUT2D eigenvalue weighted by atomic mass is 10.1. The summed E-state index contributed by atoms with van der Waals surface area (Å²) in [7, 11) is 1.79. The van der Waals surface area contributed by atoms with Crippen LogP contribution >= 0.6 is 23.2 Å². The second-order valence-corrected chi connectivity index (χ2v) is 7.01. The highest BCUT2D eigenvalue weighted by Gasteiger charge is 2.43. The van der Waals surface area contributed by atoms with E-state index in [1.807, 2.05) is 0 Å². The molecule has 1 aromatic carbocycles. The molecule has 2 amide bonds. The first kappa shape index (κ1) is 19.5. The summed E-state index contributed by atoms with van der Waals surface area (Å²) in [6, 6.07) is 6.36. The van der Waals surface area contributed by atoms with E-state index in [2.05, 4.69) is 20.9 Å². The molecule has 142 valence electrons. The van der Waals surface area contributed by atoms with Gasteiger partial charge in [0.2, 0.25) is 5.91 Å². The van der Waals surface area contributed by atoms with Crippen LogP contribution < -0.4 is 16.0 Å². The van der Waals surface area contributed by atoms with E-state index in [1.54, 1.807) is 25.2 Å². The molecule has 3 rings (SSSR count). The summed E-state index contributed by atoms with van der Waals surface area (Å²) < 4.78 is 13.0. The minimum atomic E-state index is -1.09. The summed E-state index contributed by atoms with van der Waals surface area (Å²) in [6.07, 6.45) is 0.552. The number of hydrogen-bond acceptors (Lipinski definition) is 4. The molecule has 3 N–H and O–H groups in total. The number of carbonyl (C=O) groups is 2. The highest BCUT2D eigenvalue weighted by atomic mass is 35.5. The lowest BCUT2D eigenvalue weighted by Crippen LogP contribution is -2.17. The van der Waals surface area contributed by atoms with Crippen LogP contribution in [0.3, 0.4) is 0 Å². The third-order valence-corrected chi connectivity index (χ3v) is 4.62. The van der Waals surface area contributed by atoms with Gasteiger partial charge >= 0.3 is 0 Å². The number of halogens is 3. The molecular formula is C18H17Cl2FN4O2. The summed E-state index contributed by atoms with van der Waals surface area (Å²) in [5.41, 5.74) is 1.40. The van der Waals surface area contributed by atoms with Crippen molar-refractivity contribution in [2.75, 3.05) is 17.7 Å². The van der Waals surface area contributed by atoms with E-state index >= 15 is 0 Å². The number of anilines is 2. The minimum Gasteiger partial charge on any atom is -0.322 e. The number of aromatic nitrogens is 1. The van der Waals surface area contributed by atoms with Crippen molar-refractivity contribution >= 4 is 46.5 Å². The standard InChI is InChI=1S/C18H17Cl2FN4O2/c1-22-8-9-4-12(19)16(13(20)5-9)18(27)24-10-2-3-23-15(6-10)25-17(26)11-7-14(11)21/h2-6,11,14,22H,7-8H2,1H3,(H2,23,24,25,26,27)/t11-,14+/m1/s1. The molecule has 9 heteroatoms. The van der Waals surface area contributed by atoms with Crippen LogP contribution in [-0.4, -0.2) is 30.0 Å². The Hall–Kier alpha value is -2.22. The summed E-state index contributed by atoms with van der Waals surface area (Å²) >= 11 is 12.4. The maximum absolute atomic E-state index is 13.0. The molecule has 0 saturated heterocycles. The van der Waals surface area contributed by atoms with Crippen molar-refractivity contribution in [1.82, 2.24) is 10.3 Å². The van der Waals surface area contributed by atoms with Crippen LogP contribution in [0.5, 0.6) is 0 Å². The molecule has 1 heterocycles. The van der Waals surface area contributed by atoms with Gasteiger partial charge in [-0.25, -0.2) is 9.37 Å². The zero-order valence-electron chi connectivity index (χ0n) is 14.4. The minimum absolute atomic E-state index is 0.152. The Morgan fingerprint density at radius 3 is 2.48 bits per heavy atom. The number of hydrogen-bond donors (Lipinski definition) is 3. The average Bonchev–Trinajstić information content (AvgIpc) is 3.32. The van der Waals surface area contributed by atoms with Crippen molar-refractivity contribution in [2.45, 2.75) is 19.1 Å². The fourth-order valence-electron chi connectivity index (χ4n) is 2.57. The van der Waals surface area contributed by atoms with Gasteiger partial charge in [-0.1, -0.05) is 23.2 Å². The largest absolute Gasteiger partial charge is 0.322 e. The molecule has 0 radical (unpaired) electrons. The zero-order valence-corrected chi connectivity index (χ0v) is 15.9. The van der Waals surface area contributed by atoms with Gasteiger partial charge in [-0.05, 0) is 37.2 Å². The number of carbonyl (C=O) groups excluding carboxylic acids is 2. The van der Waals surface area contributed by atoms with Gasteiger partial charge in [-0.2, -0.15) is 0 Å². The van der Waals surface area contributed by atoms with Crippen molar-refractivity contribution in [2.24, 2.45) is 5.92 Å². The number of alkyl halides is 1. The average molecular weight is 411 g/mol. The first-order valence-electron chi connectivity index (χ1n) is 8.24. The van der Waals surface area contributed by atoms with Crippen LogP contribution in [-0.2, 0) is 11.3 Å². The van der Waals surface area contributed by atoms with E-state index in [0.29, 0.717) is 12.2 Å². The highest BCUT2D eigenvalue weighted by Crippen LogP contribution is 2.34. The predicted octanol–water partition coefficient (Wildman–Crippen LogP) is 3.66. The van der Waals surface area contributed by atoms with Crippen LogP contribution in [0.25, 0.3) is 0 Å². The van der Waals surface area contributed by atoms with Crippen LogP contribution in [0.4, 0.5) is 15.9 Å². The van der Waals surface area contributed by atoms with E-state index < -0.39 is 23.9 Å². The fraction of sp³-hybridized carbons (Fsp3) is 0.278. The molecule has 0 spiro atoms. The SMILES string of the molecule is CNCc1cc(Cl)c(C(=O)Nc2ccnc(NC(=O)[C@@H]3C[C@@H]3F)c2)c(Cl)c1. The van der Waals surface area contributed by atoms with Crippen molar-refractivity contribution in [1.29, 1.82) is 0 Å². The van der Waals surface area contributed by atoms with Crippen molar-refractivity contribution in [3.05, 3.63) is 51.6 Å². The highest BCUT2D eigenvalue weighted by molar-refractivity contribution is 6.40. The Kier molecular flexibility index (Phi) is 5.94. The second kappa shape index (κ2) is 8.21. The van der Waals surface area contributed by atoms with Crippen molar-refractivity contribution < 1.29 is 14.0 Å². The quantitative estimate of drug-likeness (QED) is 0.678. The number of nitrogens with zero attached hydrogens (tertiary/aromatic N) is 1. The molecule has 1 fully saturated rings. The maximum atomic E-state index is 13.0. The van der Waals surface area contributed by atoms with E-state index in [-0.39, 0.29) is 27.8 Å². The topological polar surface area (TPSA) is 83.1 Å². The Bertz CT molecular complexity index is 870. The fourth-order valence-corrected chi connectivity index (χ4v) is 3.28. The molecule has 2 aromatic rings. The van der Waals surface area contributed by atoms with E-state index in [0.717, 1.165) is 5.56 Å². The van der Waals surface area contributed by atoms with Gasteiger partial charge in [-0.15, -0.1) is 0 Å². The Labute approximate surface area is 165 Å². The Morgan fingerprint density at radius 2 is 1.89 bits per heavy atom. The van der Waals surface area contributed by atoms with Gasteiger partial charge in [-0.3, -0.25) is 9.59 Å². The molecule has 0 aliphatic heterocycles. The Morgan fingerprint density at radius 1 is 1.22 bits per heavy atom. The van der Waals surface area contributed by atoms with Gasteiger partial charge in [0.05, 0.1) is 21.5 Å².